The molecule has 7 heteroatoms. The van der Waals surface area contributed by atoms with Crippen LogP contribution in [0.15, 0.2) is 65.9 Å². The summed E-state index contributed by atoms with van der Waals surface area (Å²) in [4.78, 5) is 38.4. The van der Waals surface area contributed by atoms with Gasteiger partial charge in [-0.1, -0.05) is 42.5 Å². The van der Waals surface area contributed by atoms with E-state index in [1.165, 1.54) is 37.1 Å². The van der Waals surface area contributed by atoms with E-state index in [0.29, 0.717) is 5.56 Å². The van der Waals surface area contributed by atoms with Gasteiger partial charge in [-0.15, -0.1) is 0 Å². The first-order chi connectivity index (χ1) is 14.3. The normalized spacial score (nSPS) is 17.2. The van der Waals surface area contributed by atoms with Gasteiger partial charge in [0.25, 0.3) is 5.91 Å². The number of carbonyl (C=O) groups excluding carboxylic acids is 3. The molecule has 1 amide bonds. The molecule has 2 aromatic carbocycles. The highest BCUT2D eigenvalue weighted by Gasteiger charge is 2.43. The number of nitrogens with zero attached hydrogens (tertiary/aromatic N) is 1. The summed E-state index contributed by atoms with van der Waals surface area (Å²) in [6, 6.07) is 13.7. The Balaban J connectivity index is 2.03. The zero-order valence-corrected chi connectivity index (χ0v) is 16.7. The average Bonchev–Trinajstić information content (AvgIpc) is 2.98. The number of aliphatic hydroxyl groups excluding tert-OH is 1. The van der Waals surface area contributed by atoms with Gasteiger partial charge in [0.1, 0.15) is 5.82 Å². The minimum atomic E-state index is -0.949. The summed E-state index contributed by atoms with van der Waals surface area (Å²) < 4.78 is 18.7. The predicted octanol–water partition coefficient (Wildman–Crippen LogP) is 3.46. The molecule has 0 saturated heterocycles. The van der Waals surface area contributed by atoms with Crippen molar-refractivity contribution in [2.45, 2.75) is 25.3 Å². The van der Waals surface area contributed by atoms with Gasteiger partial charge in [-0.25, -0.2) is 4.39 Å². The van der Waals surface area contributed by atoms with E-state index in [0.717, 1.165) is 5.56 Å². The fourth-order valence-electron chi connectivity index (χ4n) is 3.76. The lowest BCUT2D eigenvalue weighted by Crippen LogP contribution is -2.35. The molecule has 1 aliphatic heterocycles. The fourth-order valence-corrected chi connectivity index (χ4v) is 3.76. The Morgan fingerprint density at radius 2 is 1.87 bits per heavy atom. The van der Waals surface area contributed by atoms with E-state index in [9.17, 15) is 23.9 Å². The van der Waals surface area contributed by atoms with Crippen molar-refractivity contribution in [2.24, 2.45) is 0 Å². The molecule has 2 atom stereocenters. The van der Waals surface area contributed by atoms with Crippen molar-refractivity contribution in [1.82, 2.24) is 4.90 Å². The van der Waals surface area contributed by atoms with Crippen molar-refractivity contribution in [3.8, 4) is 0 Å². The van der Waals surface area contributed by atoms with Gasteiger partial charge in [-0.3, -0.25) is 14.4 Å². The standard InChI is InChI=1S/C23H22FNO5/c1-14(26)20-21(16-9-6-10-18(24)11-16)25(23(29)22(20)28)13-17(12-19(27)30-2)15-7-4-3-5-8-15/h3-11,17,21,28H,12-13H2,1-2H3. The summed E-state index contributed by atoms with van der Waals surface area (Å²) >= 11 is 0. The zero-order valence-electron chi connectivity index (χ0n) is 16.7. The molecule has 1 N–H and O–H groups in total. The third kappa shape index (κ3) is 4.25. The van der Waals surface area contributed by atoms with E-state index in [1.54, 1.807) is 6.07 Å². The molecule has 0 saturated carbocycles. The van der Waals surface area contributed by atoms with E-state index >= 15 is 0 Å². The molecule has 156 valence electrons. The monoisotopic (exact) mass is 411 g/mol. The number of ketones is 1. The number of rotatable bonds is 7. The van der Waals surface area contributed by atoms with Crippen LogP contribution in [0.5, 0.6) is 0 Å². The number of hydrogen-bond acceptors (Lipinski definition) is 5. The lowest BCUT2D eigenvalue weighted by Gasteiger charge is -2.30. The molecule has 0 aliphatic carbocycles. The third-order valence-corrected chi connectivity index (χ3v) is 5.18. The summed E-state index contributed by atoms with van der Waals surface area (Å²) in [5, 5.41) is 10.4. The molecule has 0 spiro atoms. The molecule has 2 aromatic rings. The van der Waals surface area contributed by atoms with Gasteiger partial charge in [0.05, 0.1) is 25.1 Å². The van der Waals surface area contributed by atoms with E-state index in [-0.39, 0.29) is 18.5 Å². The molecule has 1 aliphatic rings. The second kappa shape index (κ2) is 8.90. The zero-order chi connectivity index (χ0) is 21.8. The molecule has 30 heavy (non-hydrogen) atoms. The van der Waals surface area contributed by atoms with Crippen LogP contribution in [0.2, 0.25) is 0 Å². The van der Waals surface area contributed by atoms with Gasteiger partial charge in [0, 0.05) is 12.5 Å². The lowest BCUT2D eigenvalue weighted by molar-refractivity contribution is -0.141. The lowest BCUT2D eigenvalue weighted by atomic mass is 9.92. The van der Waals surface area contributed by atoms with Crippen molar-refractivity contribution >= 4 is 17.7 Å². The first kappa shape index (κ1) is 21.2. The Hall–Kier alpha value is -3.48. The van der Waals surface area contributed by atoms with Crippen LogP contribution in [-0.2, 0) is 19.1 Å². The minimum Gasteiger partial charge on any atom is -0.503 e. The summed E-state index contributed by atoms with van der Waals surface area (Å²) in [5.74, 6) is -3.30. The Kier molecular flexibility index (Phi) is 6.30. The summed E-state index contributed by atoms with van der Waals surface area (Å²) in [6.07, 6.45) is -0.00364. The number of benzene rings is 2. The van der Waals surface area contributed by atoms with Gasteiger partial charge >= 0.3 is 5.97 Å². The highest BCUT2D eigenvalue weighted by molar-refractivity contribution is 6.08. The van der Waals surface area contributed by atoms with Crippen LogP contribution in [0.4, 0.5) is 4.39 Å². The van der Waals surface area contributed by atoms with Crippen LogP contribution in [0.1, 0.15) is 36.4 Å². The number of hydrogen-bond donors (Lipinski definition) is 1. The maximum Gasteiger partial charge on any atom is 0.306 e. The van der Waals surface area contributed by atoms with Crippen molar-refractivity contribution in [3.05, 3.63) is 82.9 Å². The molecule has 0 radical (unpaired) electrons. The van der Waals surface area contributed by atoms with Gasteiger partial charge in [0.2, 0.25) is 0 Å². The molecular formula is C23H22FNO5. The Morgan fingerprint density at radius 3 is 2.47 bits per heavy atom. The summed E-state index contributed by atoms with van der Waals surface area (Å²) in [6.45, 7) is 1.28. The van der Waals surface area contributed by atoms with Gasteiger partial charge in [-0.2, -0.15) is 0 Å². The Morgan fingerprint density at radius 1 is 1.17 bits per heavy atom. The molecule has 0 fully saturated rings. The van der Waals surface area contributed by atoms with Gasteiger partial charge in [0.15, 0.2) is 11.5 Å². The molecule has 0 aromatic heterocycles. The molecule has 3 rings (SSSR count). The fraction of sp³-hybridized carbons (Fsp3) is 0.261. The van der Waals surface area contributed by atoms with Crippen molar-refractivity contribution in [1.29, 1.82) is 0 Å². The molecule has 2 unspecified atom stereocenters. The largest absolute Gasteiger partial charge is 0.503 e. The van der Waals surface area contributed by atoms with E-state index in [1.807, 2.05) is 30.3 Å². The van der Waals surface area contributed by atoms with Crippen LogP contribution in [0.3, 0.4) is 0 Å². The highest BCUT2D eigenvalue weighted by atomic mass is 19.1. The molecule has 0 bridgehead atoms. The number of esters is 1. The number of Topliss-reactive ketones (excluding diaryl/α,β-unsaturated/α-hetero) is 1. The smallest absolute Gasteiger partial charge is 0.306 e. The van der Waals surface area contributed by atoms with Crippen molar-refractivity contribution in [2.75, 3.05) is 13.7 Å². The Labute approximate surface area is 173 Å². The van der Waals surface area contributed by atoms with Crippen molar-refractivity contribution < 1.29 is 28.6 Å². The number of aliphatic hydroxyl groups is 1. The quantitative estimate of drug-likeness (QED) is 0.706. The average molecular weight is 411 g/mol. The van der Waals surface area contributed by atoms with Crippen LogP contribution < -0.4 is 0 Å². The predicted molar refractivity (Wildman–Crippen MR) is 107 cm³/mol. The maximum absolute atomic E-state index is 13.9. The molecule has 6 nitrogen and oxygen atoms in total. The third-order valence-electron chi connectivity index (χ3n) is 5.18. The summed E-state index contributed by atoms with van der Waals surface area (Å²) in [7, 11) is 1.28. The second-order valence-corrected chi connectivity index (χ2v) is 7.12. The maximum atomic E-state index is 13.9. The van der Waals surface area contributed by atoms with Crippen LogP contribution in [0, 0.1) is 5.82 Å². The van der Waals surface area contributed by atoms with Crippen LogP contribution >= 0.6 is 0 Å². The van der Waals surface area contributed by atoms with E-state index < -0.39 is 41.2 Å². The number of halogens is 1. The molecule has 1 heterocycles. The minimum absolute atomic E-state index is 0.00364. The topological polar surface area (TPSA) is 83.9 Å². The number of amides is 1. The van der Waals surface area contributed by atoms with Crippen molar-refractivity contribution in [3.63, 3.8) is 0 Å². The number of carbonyl (C=O) groups is 3. The summed E-state index contributed by atoms with van der Waals surface area (Å²) in [5.41, 5.74) is 1.07. The second-order valence-electron chi connectivity index (χ2n) is 7.12. The number of methoxy groups -OCH3 is 1. The Bertz CT molecular complexity index is 1000. The van der Waals surface area contributed by atoms with E-state index in [2.05, 4.69) is 0 Å². The van der Waals surface area contributed by atoms with E-state index in [4.69, 9.17) is 4.74 Å². The molecular weight excluding hydrogens is 389 g/mol. The van der Waals surface area contributed by atoms with Gasteiger partial charge < -0.3 is 14.7 Å². The first-order valence-electron chi connectivity index (χ1n) is 9.45. The SMILES string of the molecule is COC(=O)CC(CN1C(=O)C(O)=C(C(C)=O)C1c1cccc(F)c1)c1ccccc1. The number of ether oxygens (including phenoxy) is 1. The van der Waals surface area contributed by atoms with Crippen LogP contribution in [0.25, 0.3) is 0 Å². The first-order valence-corrected chi connectivity index (χ1v) is 9.45. The van der Waals surface area contributed by atoms with Gasteiger partial charge in [-0.05, 0) is 30.2 Å². The van der Waals surface area contributed by atoms with Crippen LogP contribution in [-0.4, -0.2) is 41.3 Å². The highest BCUT2D eigenvalue weighted by Crippen LogP contribution is 2.39.